The maximum absolute atomic E-state index is 12.8. The fourth-order valence-corrected chi connectivity index (χ4v) is 6.27. The van der Waals surface area contributed by atoms with Gasteiger partial charge in [-0.25, -0.2) is 4.79 Å². The lowest BCUT2D eigenvalue weighted by Crippen LogP contribution is -2.74. The zero-order valence-electron chi connectivity index (χ0n) is 19.1. The van der Waals surface area contributed by atoms with Gasteiger partial charge in [0.2, 0.25) is 0 Å². The molecule has 1 saturated heterocycles. The van der Waals surface area contributed by atoms with E-state index >= 15 is 0 Å². The number of rotatable bonds is 6. The average molecular weight is 456 g/mol. The molecular weight excluding hydrogens is 426 g/mol. The molecule has 2 bridgehead atoms. The Morgan fingerprint density at radius 2 is 2.18 bits per heavy atom. The molecule has 1 spiro atoms. The number of ether oxygens (including phenoxy) is 3. The van der Waals surface area contributed by atoms with Crippen LogP contribution >= 0.6 is 0 Å². The van der Waals surface area contributed by atoms with Crippen LogP contribution < -0.4 is 4.74 Å². The van der Waals surface area contributed by atoms with Crippen LogP contribution in [-0.4, -0.2) is 65.7 Å². The molecule has 1 aromatic rings. The summed E-state index contributed by atoms with van der Waals surface area (Å²) in [5.74, 6) is -0.376. The predicted molar refractivity (Wildman–Crippen MR) is 117 cm³/mol. The third-order valence-corrected chi connectivity index (χ3v) is 7.84. The third kappa shape index (κ3) is 2.93. The Morgan fingerprint density at radius 1 is 1.39 bits per heavy atom. The van der Waals surface area contributed by atoms with E-state index in [0.717, 1.165) is 24.0 Å². The molecule has 0 amide bonds. The number of aliphatic hydroxyl groups is 1. The Morgan fingerprint density at radius 3 is 2.91 bits per heavy atom. The maximum Gasteiger partial charge on any atom is 0.352 e. The number of aldehydes is 1. The molecule has 176 valence electrons. The van der Waals surface area contributed by atoms with Gasteiger partial charge in [-0.15, -0.1) is 0 Å². The van der Waals surface area contributed by atoms with Crippen LogP contribution in [0, 0.1) is 0 Å². The standard InChI is InChI=1S/C25H29NO7/c1-4-5-19(28)31-14(2)23(29)32-17-8-9-25(30)18-12-15-6-7-16(13-27)21-20(15)24(25,22(17)33-21)10-11-26(18)3/h6-8,13-14,18,22,30H,4-5,9-12H2,1-3H3/t14-,18+,22-,24-,25+/m0/s1. The van der Waals surface area contributed by atoms with Gasteiger partial charge < -0.3 is 24.2 Å². The zero-order valence-corrected chi connectivity index (χ0v) is 19.1. The molecule has 1 N–H and O–H groups in total. The van der Waals surface area contributed by atoms with Crippen LogP contribution in [0.1, 0.15) is 61.0 Å². The normalized spacial score (nSPS) is 32.2. The quantitative estimate of drug-likeness (QED) is 0.514. The van der Waals surface area contributed by atoms with Gasteiger partial charge in [-0.3, -0.25) is 9.59 Å². The SMILES string of the molecule is CCCC(=O)O[C@@H](C)C(=O)OC1=CC[C@@]2(O)[C@H]3Cc4ccc(C=O)c5c4[C@@]2(CCN3C)[C@H]1O5. The van der Waals surface area contributed by atoms with Crippen molar-refractivity contribution < 1.29 is 33.7 Å². The van der Waals surface area contributed by atoms with E-state index in [1.807, 2.05) is 20.0 Å². The number of piperidine rings is 1. The zero-order chi connectivity index (χ0) is 23.5. The van der Waals surface area contributed by atoms with Crippen LogP contribution in [-0.2, 0) is 30.9 Å². The van der Waals surface area contributed by atoms with Crippen molar-refractivity contribution in [3.63, 3.8) is 0 Å². The largest absolute Gasteiger partial charge is 0.480 e. The monoisotopic (exact) mass is 455 g/mol. The smallest absolute Gasteiger partial charge is 0.352 e. The van der Waals surface area contributed by atoms with E-state index < -0.39 is 35.2 Å². The lowest BCUT2D eigenvalue weighted by Gasteiger charge is -2.61. The Bertz CT molecular complexity index is 1070. The summed E-state index contributed by atoms with van der Waals surface area (Å²) in [4.78, 5) is 38.6. The van der Waals surface area contributed by atoms with E-state index in [9.17, 15) is 19.5 Å². The van der Waals surface area contributed by atoms with Crippen LogP contribution in [0.4, 0.5) is 0 Å². The molecule has 0 radical (unpaired) electrons. The van der Waals surface area contributed by atoms with Crippen LogP contribution in [0.3, 0.4) is 0 Å². The highest BCUT2D eigenvalue weighted by atomic mass is 16.6. The van der Waals surface area contributed by atoms with Crippen molar-refractivity contribution in [2.75, 3.05) is 13.6 Å². The first-order valence-electron chi connectivity index (χ1n) is 11.6. The summed E-state index contributed by atoms with van der Waals surface area (Å²) in [6, 6.07) is 3.57. The minimum atomic E-state index is -1.13. The van der Waals surface area contributed by atoms with Crippen molar-refractivity contribution in [1.29, 1.82) is 0 Å². The van der Waals surface area contributed by atoms with Crippen molar-refractivity contribution in [1.82, 2.24) is 4.90 Å². The van der Waals surface area contributed by atoms with Gasteiger partial charge in [0.25, 0.3) is 0 Å². The second kappa shape index (κ2) is 7.67. The summed E-state index contributed by atoms with van der Waals surface area (Å²) in [6.07, 6.45) is 3.05. The molecule has 4 aliphatic rings. The van der Waals surface area contributed by atoms with E-state index in [2.05, 4.69) is 4.90 Å². The minimum absolute atomic E-state index is 0.125. The third-order valence-electron chi connectivity index (χ3n) is 7.84. The number of likely N-dealkylation sites (tertiary alicyclic amines) is 1. The second-order valence-corrected chi connectivity index (χ2v) is 9.59. The van der Waals surface area contributed by atoms with Gasteiger partial charge in [0.1, 0.15) is 11.5 Å². The molecule has 1 aromatic carbocycles. The fraction of sp³-hybridized carbons (Fsp3) is 0.560. The first-order chi connectivity index (χ1) is 15.8. The molecule has 5 atom stereocenters. The number of esters is 2. The van der Waals surface area contributed by atoms with E-state index in [-0.39, 0.29) is 12.5 Å². The number of hydrogen-bond donors (Lipinski definition) is 1. The summed E-state index contributed by atoms with van der Waals surface area (Å²) < 4.78 is 17.3. The highest BCUT2D eigenvalue weighted by Gasteiger charge is 2.71. The number of carbonyl (C=O) groups is 3. The van der Waals surface area contributed by atoms with Crippen molar-refractivity contribution in [2.24, 2.45) is 0 Å². The molecule has 0 unspecified atom stereocenters. The summed E-state index contributed by atoms with van der Waals surface area (Å²) in [7, 11) is 2.01. The average Bonchev–Trinajstić information content (AvgIpc) is 3.13. The molecule has 2 heterocycles. The molecule has 8 nitrogen and oxygen atoms in total. The van der Waals surface area contributed by atoms with E-state index in [4.69, 9.17) is 14.2 Å². The number of likely N-dealkylation sites (N-methyl/N-ethyl adjacent to an activating group) is 1. The van der Waals surface area contributed by atoms with E-state index in [1.165, 1.54) is 6.92 Å². The molecular formula is C25H29NO7. The summed E-state index contributed by atoms with van der Waals surface area (Å²) in [6.45, 7) is 4.07. The summed E-state index contributed by atoms with van der Waals surface area (Å²) >= 11 is 0. The number of carbonyl (C=O) groups excluding carboxylic acids is 3. The first kappa shape index (κ1) is 22.1. The van der Waals surface area contributed by atoms with Crippen LogP contribution in [0.5, 0.6) is 5.75 Å². The number of nitrogens with zero attached hydrogens (tertiary/aromatic N) is 1. The van der Waals surface area contributed by atoms with Crippen LogP contribution in [0.2, 0.25) is 0 Å². The summed E-state index contributed by atoms with van der Waals surface area (Å²) in [5, 5.41) is 12.1. The van der Waals surface area contributed by atoms with Gasteiger partial charge >= 0.3 is 11.9 Å². The Balaban J connectivity index is 1.53. The van der Waals surface area contributed by atoms with Crippen molar-refractivity contribution >= 4 is 18.2 Å². The molecule has 0 aromatic heterocycles. The van der Waals surface area contributed by atoms with E-state index in [0.29, 0.717) is 42.8 Å². The maximum atomic E-state index is 12.8. The molecule has 0 saturated carbocycles. The molecule has 8 heteroatoms. The predicted octanol–water partition coefficient (Wildman–Crippen LogP) is 2.05. The van der Waals surface area contributed by atoms with Gasteiger partial charge in [0.05, 0.1) is 16.6 Å². The second-order valence-electron chi connectivity index (χ2n) is 9.59. The topological polar surface area (TPSA) is 102 Å². The highest BCUT2D eigenvalue weighted by molar-refractivity contribution is 5.83. The van der Waals surface area contributed by atoms with Gasteiger partial charge in [-0.1, -0.05) is 13.0 Å². The molecule has 33 heavy (non-hydrogen) atoms. The Kier molecular flexibility index (Phi) is 5.14. The van der Waals surface area contributed by atoms with E-state index in [1.54, 1.807) is 12.1 Å². The summed E-state index contributed by atoms with van der Waals surface area (Å²) in [5.41, 5.74) is 0.393. The van der Waals surface area contributed by atoms with Crippen molar-refractivity contribution in [3.05, 3.63) is 40.7 Å². The lowest BCUT2D eigenvalue weighted by atomic mass is 9.50. The van der Waals surface area contributed by atoms with Crippen molar-refractivity contribution in [3.8, 4) is 5.75 Å². The Labute approximate surface area is 192 Å². The first-order valence-corrected chi connectivity index (χ1v) is 11.6. The number of hydrogen-bond acceptors (Lipinski definition) is 8. The molecule has 5 rings (SSSR count). The highest BCUT2D eigenvalue weighted by Crippen LogP contribution is 2.64. The molecule has 1 fully saturated rings. The number of benzene rings is 1. The van der Waals surface area contributed by atoms with Crippen LogP contribution in [0.25, 0.3) is 0 Å². The van der Waals surface area contributed by atoms with Gasteiger partial charge in [-0.2, -0.15) is 0 Å². The minimum Gasteiger partial charge on any atom is -0.480 e. The molecule has 2 aliphatic carbocycles. The Hall–Kier alpha value is -2.71. The van der Waals surface area contributed by atoms with Crippen LogP contribution in [0.15, 0.2) is 24.0 Å². The van der Waals surface area contributed by atoms with Gasteiger partial charge in [-0.05, 0) is 57.5 Å². The molecule has 2 aliphatic heterocycles. The fourth-order valence-electron chi connectivity index (χ4n) is 6.27. The van der Waals surface area contributed by atoms with Crippen molar-refractivity contribution in [2.45, 2.75) is 75.2 Å². The van der Waals surface area contributed by atoms with Gasteiger partial charge in [0, 0.05) is 24.4 Å². The van der Waals surface area contributed by atoms with Gasteiger partial charge in [0.15, 0.2) is 18.5 Å². The lowest BCUT2D eigenvalue weighted by molar-refractivity contribution is -0.175.